The van der Waals surface area contributed by atoms with Gasteiger partial charge in [-0.2, -0.15) is 0 Å². The van der Waals surface area contributed by atoms with Crippen LogP contribution < -0.4 is 5.32 Å². The summed E-state index contributed by atoms with van der Waals surface area (Å²) in [5, 5.41) is 2.46. The number of Topliss-reactive ketones (excluding diaryl/α,β-unsaturated/α-hetero) is 1. The molecule has 6 nitrogen and oxygen atoms in total. The summed E-state index contributed by atoms with van der Waals surface area (Å²) in [6.45, 7) is 0.0639. The number of carbonyl (C=O) groups is 3. The summed E-state index contributed by atoms with van der Waals surface area (Å²) in [5.41, 5.74) is 0.222. The molecule has 3 amide bonds. The molecule has 2 atom stereocenters. The molecule has 1 N–H and O–H groups in total. The van der Waals surface area contributed by atoms with Crippen molar-refractivity contribution >= 4 is 23.4 Å². The number of amides is 3. The van der Waals surface area contributed by atoms with Crippen molar-refractivity contribution in [1.29, 1.82) is 0 Å². The number of fused-ring (bicyclic) bond motifs is 3. The van der Waals surface area contributed by atoms with Gasteiger partial charge in [0.25, 0.3) is 0 Å². The first kappa shape index (κ1) is 15.0. The predicted octanol–water partition coefficient (Wildman–Crippen LogP) is 1.50. The molecule has 126 valence electrons. The average molecular weight is 335 g/mol. The third-order valence-electron chi connectivity index (χ3n) is 4.97. The zero-order valence-electron chi connectivity index (χ0n) is 12.7. The molecule has 2 fully saturated rings. The number of anilines is 1. The minimum atomic E-state index is -1.03. The van der Waals surface area contributed by atoms with Crippen molar-refractivity contribution in [3.63, 3.8) is 0 Å². The highest BCUT2D eigenvalue weighted by Gasteiger charge is 2.46. The molecule has 2 aliphatic heterocycles. The van der Waals surface area contributed by atoms with Gasteiger partial charge in [-0.25, -0.2) is 13.6 Å². The van der Waals surface area contributed by atoms with E-state index in [0.717, 1.165) is 11.0 Å². The number of benzene rings is 1. The summed E-state index contributed by atoms with van der Waals surface area (Å²) >= 11 is 0. The molecular weight excluding hydrogens is 320 g/mol. The summed E-state index contributed by atoms with van der Waals surface area (Å²) < 4.78 is 27.3. The fourth-order valence-corrected chi connectivity index (χ4v) is 3.78. The zero-order valence-corrected chi connectivity index (χ0v) is 12.7. The highest BCUT2D eigenvalue weighted by Crippen LogP contribution is 2.35. The lowest BCUT2D eigenvalue weighted by atomic mass is 10.1. The summed E-state index contributed by atoms with van der Waals surface area (Å²) in [6.07, 6.45) is 1.19. The van der Waals surface area contributed by atoms with Crippen molar-refractivity contribution in [2.75, 3.05) is 18.4 Å². The third kappa shape index (κ3) is 2.24. The van der Waals surface area contributed by atoms with E-state index in [-0.39, 0.29) is 41.9 Å². The molecule has 3 aliphatic rings. The van der Waals surface area contributed by atoms with E-state index in [9.17, 15) is 23.2 Å². The van der Waals surface area contributed by atoms with E-state index in [1.165, 1.54) is 11.0 Å². The Morgan fingerprint density at radius 3 is 2.79 bits per heavy atom. The molecule has 8 heteroatoms. The first-order valence-corrected chi connectivity index (χ1v) is 7.79. The van der Waals surface area contributed by atoms with Crippen LogP contribution in [0.2, 0.25) is 0 Å². The molecule has 2 bridgehead atoms. The Morgan fingerprint density at radius 2 is 2.08 bits per heavy atom. The molecule has 2 unspecified atom stereocenters. The summed E-state index contributed by atoms with van der Waals surface area (Å²) in [5.74, 6) is -2.11. The third-order valence-corrected chi connectivity index (χ3v) is 4.97. The lowest BCUT2D eigenvalue weighted by Gasteiger charge is -2.32. The van der Waals surface area contributed by atoms with E-state index in [2.05, 4.69) is 5.32 Å². The Morgan fingerprint density at radius 1 is 1.29 bits per heavy atom. The number of carbonyl (C=O) groups excluding carboxylic acids is 3. The first-order valence-electron chi connectivity index (χ1n) is 7.79. The molecule has 1 saturated heterocycles. The summed E-state index contributed by atoms with van der Waals surface area (Å²) in [7, 11) is 0. The van der Waals surface area contributed by atoms with Gasteiger partial charge in [-0.1, -0.05) is 0 Å². The molecule has 0 radical (unpaired) electrons. The highest BCUT2D eigenvalue weighted by molar-refractivity contribution is 5.97. The van der Waals surface area contributed by atoms with Gasteiger partial charge >= 0.3 is 6.03 Å². The monoisotopic (exact) mass is 335 g/mol. The van der Waals surface area contributed by atoms with Crippen molar-refractivity contribution in [1.82, 2.24) is 9.80 Å². The van der Waals surface area contributed by atoms with Crippen molar-refractivity contribution in [3.8, 4) is 0 Å². The molecule has 24 heavy (non-hydrogen) atoms. The van der Waals surface area contributed by atoms with Crippen LogP contribution in [0.4, 0.5) is 19.3 Å². The summed E-state index contributed by atoms with van der Waals surface area (Å²) in [6, 6.07) is 1.31. The van der Waals surface area contributed by atoms with Crippen LogP contribution in [0.25, 0.3) is 0 Å². The molecular formula is C16H15F2N3O3. The highest BCUT2D eigenvalue weighted by atomic mass is 19.2. The topological polar surface area (TPSA) is 69.7 Å². The number of likely N-dealkylation sites (tertiary alicyclic amines) is 1. The first-order chi connectivity index (χ1) is 11.4. The second-order valence-corrected chi connectivity index (χ2v) is 6.51. The number of urea groups is 1. The van der Waals surface area contributed by atoms with Crippen molar-refractivity contribution < 1.29 is 23.2 Å². The van der Waals surface area contributed by atoms with Crippen LogP contribution in [0, 0.1) is 17.6 Å². The number of halogens is 2. The van der Waals surface area contributed by atoms with Crippen LogP contribution in [0.5, 0.6) is 0 Å². The van der Waals surface area contributed by atoms with Crippen LogP contribution in [-0.4, -0.2) is 46.7 Å². The molecule has 2 heterocycles. The molecule has 4 rings (SSSR count). The van der Waals surface area contributed by atoms with Crippen molar-refractivity contribution in [3.05, 3.63) is 29.3 Å². The van der Waals surface area contributed by atoms with E-state index >= 15 is 0 Å². The SMILES string of the molecule is O=C1CC2CC1N(C(=O)CN1Cc3c(ccc(F)c3F)NC1=O)C2. The Balaban J connectivity index is 1.51. The maximum absolute atomic E-state index is 13.9. The van der Waals surface area contributed by atoms with Gasteiger partial charge in [0, 0.05) is 18.5 Å². The zero-order chi connectivity index (χ0) is 17.0. The number of nitrogens with zero attached hydrogens (tertiary/aromatic N) is 2. The quantitative estimate of drug-likeness (QED) is 0.890. The molecule has 0 spiro atoms. The van der Waals surface area contributed by atoms with E-state index in [1.54, 1.807) is 0 Å². The standard InChI is InChI=1S/C16H15F2N3O3/c17-10-1-2-11-9(15(10)18)6-20(16(24)19-11)7-14(23)21-5-8-3-12(21)13(22)4-8/h1-2,8,12H,3-7H2,(H,19,24). The van der Waals surface area contributed by atoms with Gasteiger partial charge in [-0.15, -0.1) is 0 Å². The number of hydrogen-bond acceptors (Lipinski definition) is 3. The predicted molar refractivity (Wildman–Crippen MR) is 79.0 cm³/mol. The summed E-state index contributed by atoms with van der Waals surface area (Å²) in [4.78, 5) is 38.9. The fraction of sp³-hybridized carbons (Fsp3) is 0.438. The molecule has 1 aliphatic carbocycles. The number of ketones is 1. The second-order valence-electron chi connectivity index (χ2n) is 6.51. The minimum absolute atomic E-state index is 0.0152. The van der Waals surface area contributed by atoms with Gasteiger partial charge in [0.05, 0.1) is 18.3 Å². The van der Waals surface area contributed by atoms with E-state index < -0.39 is 23.7 Å². The van der Waals surface area contributed by atoms with Gasteiger partial charge in [-0.05, 0) is 24.5 Å². The van der Waals surface area contributed by atoms with Gasteiger partial charge in [-0.3, -0.25) is 9.59 Å². The lowest BCUT2D eigenvalue weighted by molar-refractivity contribution is -0.139. The normalized spacial score (nSPS) is 25.1. The minimum Gasteiger partial charge on any atom is -0.331 e. The van der Waals surface area contributed by atoms with Crippen molar-refractivity contribution in [2.24, 2.45) is 5.92 Å². The number of piperidine rings is 1. The Labute approximate surface area is 136 Å². The van der Waals surface area contributed by atoms with Crippen LogP contribution in [0.1, 0.15) is 18.4 Å². The van der Waals surface area contributed by atoms with E-state index in [0.29, 0.717) is 19.4 Å². The van der Waals surface area contributed by atoms with Gasteiger partial charge in [0.2, 0.25) is 5.91 Å². The van der Waals surface area contributed by atoms with E-state index in [1.807, 2.05) is 0 Å². The second kappa shape index (κ2) is 5.25. The van der Waals surface area contributed by atoms with Crippen LogP contribution >= 0.6 is 0 Å². The molecule has 1 aromatic carbocycles. The Hall–Kier alpha value is -2.51. The smallest absolute Gasteiger partial charge is 0.322 e. The van der Waals surface area contributed by atoms with Crippen LogP contribution in [-0.2, 0) is 16.1 Å². The van der Waals surface area contributed by atoms with Crippen LogP contribution in [0.15, 0.2) is 12.1 Å². The largest absolute Gasteiger partial charge is 0.331 e. The molecule has 0 aromatic heterocycles. The Bertz CT molecular complexity index is 767. The fourth-order valence-electron chi connectivity index (χ4n) is 3.78. The Kier molecular flexibility index (Phi) is 3.29. The number of rotatable bonds is 2. The lowest BCUT2D eigenvalue weighted by Crippen LogP contribution is -2.50. The molecule has 1 aromatic rings. The van der Waals surface area contributed by atoms with Gasteiger partial charge in [0.15, 0.2) is 17.4 Å². The average Bonchev–Trinajstić information content (AvgIpc) is 3.12. The number of hydrogen-bond donors (Lipinski definition) is 1. The maximum Gasteiger partial charge on any atom is 0.322 e. The van der Waals surface area contributed by atoms with Crippen molar-refractivity contribution in [2.45, 2.75) is 25.4 Å². The van der Waals surface area contributed by atoms with Gasteiger partial charge in [0.1, 0.15) is 6.54 Å². The maximum atomic E-state index is 13.9. The van der Waals surface area contributed by atoms with Crippen LogP contribution in [0.3, 0.4) is 0 Å². The molecule has 1 saturated carbocycles. The van der Waals surface area contributed by atoms with E-state index in [4.69, 9.17) is 0 Å². The number of nitrogens with one attached hydrogen (secondary N) is 1. The van der Waals surface area contributed by atoms with Gasteiger partial charge < -0.3 is 15.1 Å².